The van der Waals surface area contributed by atoms with Crippen LogP contribution in [0.15, 0.2) is 28.7 Å². The first-order chi connectivity index (χ1) is 10.1. The summed E-state index contributed by atoms with van der Waals surface area (Å²) in [5, 5.41) is 2.90. The van der Waals surface area contributed by atoms with Gasteiger partial charge in [-0.15, -0.1) is 0 Å². The molecule has 1 saturated heterocycles. The van der Waals surface area contributed by atoms with Gasteiger partial charge < -0.3 is 10.2 Å². The molecule has 1 N–H and O–H groups in total. The monoisotopic (exact) mass is 350 g/mol. The first-order valence-corrected chi connectivity index (χ1v) is 8.28. The van der Waals surface area contributed by atoms with E-state index in [4.69, 9.17) is 0 Å². The van der Waals surface area contributed by atoms with Crippen molar-refractivity contribution in [3.05, 3.63) is 28.7 Å². The third-order valence-electron chi connectivity index (χ3n) is 4.41. The Morgan fingerprint density at radius 2 is 1.86 bits per heavy atom. The molecule has 1 aromatic rings. The number of halogens is 1. The van der Waals surface area contributed by atoms with E-state index in [9.17, 15) is 9.59 Å². The highest BCUT2D eigenvalue weighted by Crippen LogP contribution is 2.30. The molecule has 2 amide bonds. The zero-order valence-corrected chi connectivity index (χ0v) is 13.4. The highest BCUT2D eigenvalue weighted by molar-refractivity contribution is 9.10. The summed E-state index contributed by atoms with van der Waals surface area (Å²) in [6.45, 7) is 0.575. The van der Waals surface area contributed by atoms with E-state index in [-0.39, 0.29) is 17.7 Å². The van der Waals surface area contributed by atoms with Crippen LogP contribution in [0.25, 0.3) is 0 Å². The van der Waals surface area contributed by atoms with Crippen molar-refractivity contribution in [2.24, 2.45) is 5.92 Å². The summed E-state index contributed by atoms with van der Waals surface area (Å²) in [4.78, 5) is 26.3. The molecule has 1 aliphatic carbocycles. The number of anilines is 1. The highest BCUT2D eigenvalue weighted by atomic mass is 79.9. The quantitative estimate of drug-likeness (QED) is 0.909. The van der Waals surface area contributed by atoms with Gasteiger partial charge in [0.15, 0.2) is 0 Å². The Labute approximate surface area is 133 Å². The summed E-state index contributed by atoms with van der Waals surface area (Å²) in [6, 6.07) is 7.85. The fraction of sp³-hybridized carbons (Fsp3) is 0.500. The molecule has 1 saturated carbocycles. The van der Waals surface area contributed by atoms with Gasteiger partial charge in [-0.1, -0.05) is 28.8 Å². The molecule has 1 atom stereocenters. The topological polar surface area (TPSA) is 49.4 Å². The van der Waals surface area contributed by atoms with Gasteiger partial charge in [0.05, 0.1) is 5.92 Å². The molecule has 112 valence electrons. The first kappa shape index (κ1) is 14.6. The minimum Gasteiger partial charge on any atom is -0.339 e. The minimum atomic E-state index is -0.221. The minimum absolute atomic E-state index is 0.0498. The molecule has 1 heterocycles. The van der Waals surface area contributed by atoms with Crippen molar-refractivity contribution >= 4 is 33.4 Å². The third kappa shape index (κ3) is 3.28. The van der Waals surface area contributed by atoms with Crippen molar-refractivity contribution in [2.45, 2.75) is 38.1 Å². The van der Waals surface area contributed by atoms with Crippen molar-refractivity contribution in [3.63, 3.8) is 0 Å². The molecule has 2 fully saturated rings. The molecule has 0 spiro atoms. The Morgan fingerprint density at radius 1 is 1.19 bits per heavy atom. The maximum Gasteiger partial charge on any atom is 0.229 e. The number of nitrogens with zero attached hydrogens (tertiary/aromatic N) is 1. The maximum atomic E-state index is 12.3. The van der Waals surface area contributed by atoms with Crippen LogP contribution in [0.5, 0.6) is 0 Å². The van der Waals surface area contributed by atoms with Crippen LogP contribution >= 0.6 is 15.9 Å². The second kappa shape index (κ2) is 6.18. The van der Waals surface area contributed by atoms with E-state index in [1.807, 2.05) is 29.2 Å². The van der Waals surface area contributed by atoms with Crippen LogP contribution in [0.3, 0.4) is 0 Å². The van der Waals surface area contributed by atoms with Crippen molar-refractivity contribution in [3.8, 4) is 0 Å². The van der Waals surface area contributed by atoms with Gasteiger partial charge in [0.1, 0.15) is 0 Å². The lowest BCUT2D eigenvalue weighted by Crippen LogP contribution is -2.35. The van der Waals surface area contributed by atoms with E-state index in [2.05, 4.69) is 21.2 Å². The van der Waals surface area contributed by atoms with Gasteiger partial charge >= 0.3 is 0 Å². The van der Waals surface area contributed by atoms with E-state index in [0.717, 1.165) is 23.0 Å². The molecule has 0 unspecified atom stereocenters. The first-order valence-electron chi connectivity index (χ1n) is 7.49. The predicted molar refractivity (Wildman–Crippen MR) is 84.8 cm³/mol. The van der Waals surface area contributed by atoms with Gasteiger partial charge in [-0.25, -0.2) is 0 Å². The van der Waals surface area contributed by atoms with Gasteiger partial charge in [0.25, 0.3) is 0 Å². The zero-order chi connectivity index (χ0) is 14.8. The van der Waals surface area contributed by atoms with E-state index >= 15 is 0 Å². The molecular weight excluding hydrogens is 332 g/mol. The number of rotatable bonds is 3. The van der Waals surface area contributed by atoms with Gasteiger partial charge in [0, 0.05) is 29.2 Å². The Kier molecular flexibility index (Phi) is 4.29. The summed E-state index contributed by atoms with van der Waals surface area (Å²) in [5.74, 6) is -0.134. The van der Waals surface area contributed by atoms with Crippen LogP contribution < -0.4 is 5.32 Å². The van der Waals surface area contributed by atoms with E-state index in [0.29, 0.717) is 19.0 Å². The van der Waals surface area contributed by atoms with Crippen LogP contribution in [0.2, 0.25) is 0 Å². The van der Waals surface area contributed by atoms with Gasteiger partial charge in [-0.2, -0.15) is 0 Å². The van der Waals surface area contributed by atoms with E-state index in [1.165, 1.54) is 12.8 Å². The maximum absolute atomic E-state index is 12.3. The smallest absolute Gasteiger partial charge is 0.229 e. The van der Waals surface area contributed by atoms with E-state index < -0.39 is 0 Å². The number of hydrogen-bond acceptors (Lipinski definition) is 2. The molecule has 1 aliphatic heterocycles. The normalized spacial score (nSPS) is 22.8. The van der Waals surface area contributed by atoms with Gasteiger partial charge in [-0.05, 0) is 37.1 Å². The molecule has 2 aliphatic rings. The largest absolute Gasteiger partial charge is 0.339 e. The third-order valence-corrected chi connectivity index (χ3v) is 4.94. The molecule has 1 aromatic carbocycles. The number of benzene rings is 1. The second-order valence-corrected chi connectivity index (χ2v) is 6.80. The van der Waals surface area contributed by atoms with Gasteiger partial charge in [0.2, 0.25) is 11.8 Å². The van der Waals surface area contributed by atoms with Crippen LogP contribution in [0.1, 0.15) is 32.1 Å². The number of carbonyl (C=O) groups excluding carboxylic acids is 2. The predicted octanol–water partition coefficient (Wildman–Crippen LogP) is 3.18. The Morgan fingerprint density at radius 3 is 2.52 bits per heavy atom. The summed E-state index contributed by atoms with van der Waals surface area (Å²) < 4.78 is 0.976. The number of nitrogens with one attached hydrogen (secondary N) is 1. The Bertz CT molecular complexity index is 538. The lowest BCUT2D eigenvalue weighted by Gasteiger charge is -2.23. The van der Waals surface area contributed by atoms with Crippen molar-refractivity contribution in [1.29, 1.82) is 0 Å². The lowest BCUT2D eigenvalue weighted by atomic mass is 10.1. The SMILES string of the molecule is O=C(Nc1ccc(Br)cc1)[C@H]1CC(=O)N(C2CCCC2)C1. The average molecular weight is 351 g/mol. The fourth-order valence-electron chi connectivity index (χ4n) is 3.25. The average Bonchev–Trinajstić information content (AvgIpc) is 3.10. The summed E-state index contributed by atoms with van der Waals surface area (Å²) >= 11 is 3.37. The van der Waals surface area contributed by atoms with Crippen molar-refractivity contribution in [1.82, 2.24) is 4.90 Å². The summed E-state index contributed by atoms with van der Waals surface area (Å²) in [5.41, 5.74) is 0.773. The van der Waals surface area contributed by atoms with Crippen molar-refractivity contribution in [2.75, 3.05) is 11.9 Å². The molecule has 3 rings (SSSR count). The molecule has 0 radical (unpaired) electrons. The van der Waals surface area contributed by atoms with Crippen LogP contribution in [-0.2, 0) is 9.59 Å². The molecule has 0 aromatic heterocycles. The Balaban J connectivity index is 1.60. The molecule has 4 nitrogen and oxygen atoms in total. The van der Waals surface area contributed by atoms with Crippen LogP contribution in [0, 0.1) is 5.92 Å². The number of likely N-dealkylation sites (tertiary alicyclic amines) is 1. The van der Waals surface area contributed by atoms with Crippen LogP contribution in [0.4, 0.5) is 5.69 Å². The fourth-order valence-corrected chi connectivity index (χ4v) is 3.52. The molecule has 21 heavy (non-hydrogen) atoms. The standard InChI is InChI=1S/C16H19BrN2O2/c17-12-5-7-13(8-6-12)18-16(21)11-9-15(20)19(10-11)14-3-1-2-4-14/h5-8,11,14H,1-4,9-10H2,(H,18,21)/t11-/m0/s1. The Hall–Kier alpha value is -1.36. The zero-order valence-electron chi connectivity index (χ0n) is 11.8. The van der Waals surface area contributed by atoms with E-state index in [1.54, 1.807) is 0 Å². The number of carbonyl (C=O) groups is 2. The van der Waals surface area contributed by atoms with Crippen molar-refractivity contribution < 1.29 is 9.59 Å². The second-order valence-electron chi connectivity index (χ2n) is 5.88. The summed E-state index contributed by atoms with van der Waals surface area (Å²) in [7, 11) is 0. The number of amides is 2. The molecular formula is C16H19BrN2O2. The number of hydrogen-bond donors (Lipinski definition) is 1. The molecule has 5 heteroatoms. The molecule has 0 bridgehead atoms. The highest BCUT2D eigenvalue weighted by Gasteiger charge is 2.38. The van der Waals surface area contributed by atoms with Crippen LogP contribution in [-0.4, -0.2) is 29.3 Å². The summed E-state index contributed by atoms with van der Waals surface area (Å²) in [6.07, 6.45) is 4.92. The lowest BCUT2D eigenvalue weighted by molar-refractivity contribution is -0.129. The van der Waals surface area contributed by atoms with Gasteiger partial charge in [-0.3, -0.25) is 9.59 Å².